The molecule has 0 aliphatic carbocycles. The predicted octanol–water partition coefficient (Wildman–Crippen LogP) is 6.66. The van der Waals surface area contributed by atoms with Crippen molar-refractivity contribution in [2.75, 3.05) is 6.61 Å². The summed E-state index contributed by atoms with van der Waals surface area (Å²) in [5, 5.41) is -0.283. The van der Waals surface area contributed by atoms with Crippen molar-refractivity contribution in [3.63, 3.8) is 0 Å². The lowest BCUT2D eigenvalue weighted by Crippen LogP contribution is -2.27. The van der Waals surface area contributed by atoms with Crippen LogP contribution < -0.4 is 9.47 Å². The number of amides is 2. The van der Waals surface area contributed by atoms with Gasteiger partial charge >= 0.3 is 0 Å². The lowest BCUT2D eigenvalue weighted by atomic mass is 10.1. The molecule has 1 saturated heterocycles. The van der Waals surface area contributed by atoms with E-state index in [1.54, 1.807) is 6.08 Å². The van der Waals surface area contributed by atoms with Crippen molar-refractivity contribution in [2.45, 2.75) is 20.1 Å². The predicted molar refractivity (Wildman–Crippen MR) is 134 cm³/mol. The molecule has 1 aliphatic rings. The van der Waals surface area contributed by atoms with E-state index < -0.39 is 0 Å². The van der Waals surface area contributed by atoms with Crippen molar-refractivity contribution < 1.29 is 19.1 Å². The molecule has 0 unspecified atom stereocenters. The number of benzene rings is 3. The van der Waals surface area contributed by atoms with E-state index in [4.69, 9.17) is 9.47 Å². The maximum absolute atomic E-state index is 12.9. The summed E-state index contributed by atoms with van der Waals surface area (Å²) in [7, 11) is 0. The molecule has 5 nitrogen and oxygen atoms in total. The van der Waals surface area contributed by atoms with Crippen LogP contribution in [0.3, 0.4) is 0 Å². The smallest absolute Gasteiger partial charge is 0.293 e. The van der Waals surface area contributed by atoms with E-state index in [2.05, 4.69) is 15.9 Å². The average molecular weight is 524 g/mol. The molecule has 0 bridgehead atoms. The summed E-state index contributed by atoms with van der Waals surface area (Å²) in [4.78, 5) is 27.1. The lowest BCUT2D eigenvalue weighted by Gasteiger charge is -2.14. The minimum Gasteiger partial charge on any atom is -0.490 e. The summed E-state index contributed by atoms with van der Waals surface area (Å²) in [5.74, 6) is 0.914. The van der Waals surface area contributed by atoms with Crippen LogP contribution in [-0.4, -0.2) is 22.7 Å². The Morgan fingerprint density at radius 1 is 0.939 bits per heavy atom. The fraction of sp³-hybridized carbons (Fsp3) is 0.154. The number of hydrogen-bond donors (Lipinski definition) is 0. The second-order valence-corrected chi connectivity index (χ2v) is 9.12. The molecule has 1 aliphatic heterocycles. The number of carbonyl (C=O) groups excluding carboxylic acids is 2. The maximum atomic E-state index is 12.9. The molecule has 4 rings (SSSR count). The van der Waals surface area contributed by atoms with E-state index in [9.17, 15) is 9.59 Å². The molecule has 7 heteroatoms. The molecule has 0 N–H and O–H groups in total. The maximum Gasteiger partial charge on any atom is 0.293 e. The summed E-state index contributed by atoms with van der Waals surface area (Å²) in [5.41, 5.74) is 2.69. The van der Waals surface area contributed by atoms with Crippen molar-refractivity contribution in [3.8, 4) is 11.5 Å². The number of nitrogens with zero attached hydrogens (tertiary/aromatic N) is 1. The number of thioether (sulfide) groups is 1. The van der Waals surface area contributed by atoms with Gasteiger partial charge in [0.05, 0.1) is 18.1 Å². The van der Waals surface area contributed by atoms with E-state index in [1.807, 2.05) is 79.7 Å². The molecular weight excluding hydrogens is 502 g/mol. The fourth-order valence-electron chi connectivity index (χ4n) is 3.32. The number of halogens is 1. The molecule has 1 fully saturated rings. The second-order valence-electron chi connectivity index (χ2n) is 7.27. The van der Waals surface area contributed by atoms with Crippen molar-refractivity contribution in [3.05, 3.63) is 98.9 Å². The Bertz CT molecular complexity index is 1200. The van der Waals surface area contributed by atoms with Crippen LogP contribution in [0, 0.1) is 0 Å². The van der Waals surface area contributed by atoms with Crippen LogP contribution in [-0.2, 0) is 17.9 Å². The van der Waals surface area contributed by atoms with E-state index in [1.165, 1.54) is 4.90 Å². The molecule has 0 atom stereocenters. The van der Waals surface area contributed by atoms with Gasteiger partial charge in [0, 0.05) is 4.47 Å². The number of hydrogen-bond acceptors (Lipinski definition) is 5. The second kappa shape index (κ2) is 10.7. The summed E-state index contributed by atoms with van der Waals surface area (Å²) in [6, 6.07) is 22.9. The largest absolute Gasteiger partial charge is 0.490 e. The average Bonchev–Trinajstić information content (AvgIpc) is 3.08. The van der Waals surface area contributed by atoms with Crippen LogP contribution in [0.2, 0.25) is 0 Å². The standard InChI is InChI=1S/C26H22BrNO4S/c1-2-31-23-14-19(12-13-22(23)32-17-18-8-4-3-5-9-18)15-24-25(29)28(26(30)33-24)16-20-10-6-7-11-21(20)27/h3-15H,2,16-17H2,1H3/b24-15+. The van der Waals surface area contributed by atoms with Gasteiger partial charge in [0.2, 0.25) is 0 Å². The highest BCUT2D eigenvalue weighted by molar-refractivity contribution is 9.10. The topological polar surface area (TPSA) is 55.8 Å². The molecule has 33 heavy (non-hydrogen) atoms. The molecule has 1 heterocycles. The van der Waals surface area contributed by atoms with Gasteiger partial charge in [0.15, 0.2) is 11.5 Å². The quantitative estimate of drug-likeness (QED) is 0.309. The van der Waals surface area contributed by atoms with Crippen LogP contribution in [0.25, 0.3) is 6.08 Å². The first-order valence-corrected chi connectivity index (χ1v) is 12.1. The zero-order valence-electron chi connectivity index (χ0n) is 18.0. The SMILES string of the molecule is CCOc1cc(/C=C2/SC(=O)N(Cc3ccccc3Br)C2=O)ccc1OCc1ccccc1. The van der Waals surface area contributed by atoms with E-state index in [0.29, 0.717) is 29.6 Å². The van der Waals surface area contributed by atoms with Gasteiger partial charge in [-0.25, -0.2) is 0 Å². The number of imide groups is 1. The van der Waals surface area contributed by atoms with Crippen molar-refractivity contribution in [1.29, 1.82) is 0 Å². The molecule has 3 aromatic rings. The van der Waals surface area contributed by atoms with Gasteiger partial charge in [0.25, 0.3) is 11.1 Å². The van der Waals surface area contributed by atoms with Gasteiger partial charge in [-0.3, -0.25) is 14.5 Å². The highest BCUT2D eigenvalue weighted by Gasteiger charge is 2.35. The van der Waals surface area contributed by atoms with Gasteiger partial charge in [-0.2, -0.15) is 0 Å². The zero-order valence-corrected chi connectivity index (χ0v) is 20.4. The minimum atomic E-state index is -0.303. The van der Waals surface area contributed by atoms with Gasteiger partial charge < -0.3 is 9.47 Å². The van der Waals surface area contributed by atoms with Crippen molar-refractivity contribution in [2.24, 2.45) is 0 Å². The van der Waals surface area contributed by atoms with Gasteiger partial charge in [-0.05, 0) is 59.7 Å². The van der Waals surface area contributed by atoms with Crippen LogP contribution in [0.4, 0.5) is 4.79 Å². The summed E-state index contributed by atoms with van der Waals surface area (Å²) in [6.07, 6.45) is 1.72. The van der Waals surface area contributed by atoms with E-state index in [-0.39, 0.29) is 17.7 Å². The molecule has 0 aromatic heterocycles. The van der Waals surface area contributed by atoms with Crippen molar-refractivity contribution in [1.82, 2.24) is 4.90 Å². The molecule has 0 spiro atoms. The highest BCUT2D eigenvalue weighted by atomic mass is 79.9. The first-order chi connectivity index (χ1) is 16.0. The van der Waals surface area contributed by atoms with E-state index in [0.717, 1.165) is 32.9 Å². The molecule has 2 amide bonds. The molecule has 3 aromatic carbocycles. The monoisotopic (exact) mass is 523 g/mol. The van der Waals surface area contributed by atoms with E-state index >= 15 is 0 Å². The highest BCUT2D eigenvalue weighted by Crippen LogP contribution is 2.36. The molecule has 0 radical (unpaired) electrons. The fourth-order valence-corrected chi connectivity index (χ4v) is 4.57. The Kier molecular flexibility index (Phi) is 7.52. The zero-order chi connectivity index (χ0) is 23.2. The Labute approximate surface area is 205 Å². The Balaban J connectivity index is 1.51. The third kappa shape index (κ3) is 5.67. The van der Waals surface area contributed by atoms with Crippen LogP contribution in [0.15, 0.2) is 82.2 Å². The summed E-state index contributed by atoms with van der Waals surface area (Å²) >= 11 is 4.42. The van der Waals surface area contributed by atoms with Crippen molar-refractivity contribution >= 4 is 44.9 Å². The summed E-state index contributed by atoms with van der Waals surface area (Å²) in [6.45, 7) is 3.03. The lowest BCUT2D eigenvalue weighted by molar-refractivity contribution is -0.123. The molecular formula is C26H22BrNO4S. The third-order valence-electron chi connectivity index (χ3n) is 4.96. The molecule has 0 saturated carbocycles. The minimum absolute atomic E-state index is 0.222. The van der Waals surface area contributed by atoms with Crippen LogP contribution in [0.1, 0.15) is 23.6 Å². The number of ether oxygens (including phenoxy) is 2. The Hall–Kier alpha value is -3.03. The Morgan fingerprint density at radius 2 is 1.70 bits per heavy atom. The first kappa shape index (κ1) is 23.1. The van der Waals surface area contributed by atoms with Crippen LogP contribution >= 0.6 is 27.7 Å². The Morgan fingerprint density at radius 3 is 2.45 bits per heavy atom. The number of rotatable bonds is 8. The number of carbonyl (C=O) groups is 2. The van der Waals surface area contributed by atoms with Gasteiger partial charge in [-0.15, -0.1) is 0 Å². The normalized spacial score (nSPS) is 14.7. The third-order valence-corrected chi connectivity index (χ3v) is 6.64. The van der Waals surface area contributed by atoms with Gasteiger partial charge in [-0.1, -0.05) is 70.5 Å². The van der Waals surface area contributed by atoms with Gasteiger partial charge in [0.1, 0.15) is 6.61 Å². The molecule has 168 valence electrons. The summed E-state index contributed by atoms with van der Waals surface area (Å²) < 4.78 is 12.6. The van der Waals surface area contributed by atoms with Crippen LogP contribution in [0.5, 0.6) is 11.5 Å². The first-order valence-electron chi connectivity index (χ1n) is 10.5.